The fourth-order valence-electron chi connectivity index (χ4n) is 18.6. The number of hydrogen-bond donors (Lipinski definition) is 4. The molecule has 0 fully saturated rings. The Bertz CT molecular complexity index is 6340. The molecule has 4 N–H and O–H groups in total. The fourth-order valence-corrected chi connectivity index (χ4v) is 18.6. The minimum atomic E-state index is -0.196. The van der Waals surface area contributed by atoms with E-state index in [4.69, 9.17) is 19.9 Å². The molecule has 0 amide bonds. The van der Waals surface area contributed by atoms with Crippen molar-refractivity contribution in [2.75, 3.05) is 0 Å². The van der Waals surface area contributed by atoms with Crippen LogP contribution in [0.1, 0.15) is 155 Å². The van der Waals surface area contributed by atoms with Gasteiger partial charge >= 0.3 is 0 Å². The number of hydrogen-bond acceptors (Lipinski definition) is 6. The molecule has 10 heterocycles. The summed E-state index contributed by atoms with van der Waals surface area (Å²) in [5, 5.41) is 0. The molecule has 108 heavy (non-hydrogen) atoms. The Kier molecular flexibility index (Phi) is 14.8. The minimum absolute atomic E-state index is 0.196. The van der Waals surface area contributed by atoms with E-state index in [-0.39, 0.29) is 11.6 Å². The zero-order valence-corrected chi connectivity index (χ0v) is 63.1. The summed E-state index contributed by atoms with van der Waals surface area (Å²) in [5.41, 5.74) is 43.9. The highest BCUT2D eigenvalue weighted by molar-refractivity contribution is 6.29. The normalized spacial score (nSPS) is 13.0. The third kappa shape index (κ3) is 10.3. The zero-order valence-electron chi connectivity index (χ0n) is 63.1. The van der Waals surface area contributed by atoms with Crippen LogP contribution in [-0.2, 0) is 0 Å². The number of aromatic amines is 4. The lowest BCUT2D eigenvalue weighted by atomic mass is 9.79. The van der Waals surface area contributed by atoms with Gasteiger partial charge in [0, 0.05) is 99.9 Å². The summed E-state index contributed by atoms with van der Waals surface area (Å²) >= 11 is 0. The van der Waals surface area contributed by atoms with E-state index < -0.39 is 0 Å². The van der Waals surface area contributed by atoms with Gasteiger partial charge < -0.3 is 19.9 Å². The molecule has 10 heteroatoms. The first-order valence-corrected chi connectivity index (χ1v) is 37.2. The van der Waals surface area contributed by atoms with Gasteiger partial charge in [-0.2, -0.15) is 0 Å². The predicted octanol–water partition coefficient (Wildman–Crippen LogP) is 24.4. The SMILES string of the molecule is Cc1ccc(-c2c3nc(c(-c4c(C)cc(C)cc4C)c4cc5c([nH]4)c(c4nc(c(-c6c(C)cc(C)cc6C)c6ccc2[nH]6)C=C4)-c2cc4c(cc2C5=O)-c2c5nc(c(-c6c(C)cc(C)cc6C)c6ccc([nH]6)c(-c6ccc(C)cc6)c6nc(c(-c7c(C)cc(C)cc7C)c7cc(c2[nH]7)C4=O)C=C6)C=C5)C=C3)cc1. The Morgan fingerprint density at radius 3 is 0.722 bits per heavy atom. The molecule has 7 aromatic carbocycles. The molecule has 0 saturated heterocycles. The van der Waals surface area contributed by atoms with Gasteiger partial charge in [0.25, 0.3) is 0 Å². The predicted molar refractivity (Wildman–Crippen MR) is 448 cm³/mol. The van der Waals surface area contributed by atoms with Gasteiger partial charge in [-0.25, -0.2) is 19.9 Å². The number of ketones is 2. The number of aryl methyl sites for hydroxylation is 14. The van der Waals surface area contributed by atoms with Crippen molar-refractivity contribution in [2.24, 2.45) is 0 Å². The van der Waals surface area contributed by atoms with Crippen molar-refractivity contribution in [3.63, 3.8) is 0 Å². The molecule has 0 radical (unpaired) electrons. The maximum atomic E-state index is 16.7. The van der Waals surface area contributed by atoms with Crippen molar-refractivity contribution in [2.45, 2.75) is 96.9 Å². The summed E-state index contributed by atoms with van der Waals surface area (Å²) in [6.07, 6.45) is 16.9. The van der Waals surface area contributed by atoms with Gasteiger partial charge in [0.1, 0.15) is 0 Å². The lowest BCUT2D eigenvalue weighted by Crippen LogP contribution is -2.15. The van der Waals surface area contributed by atoms with Gasteiger partial charge in [0.05, 0.1) is 56.6 Å². The first kappa shape index (κ1) is 65.8. The Hall–Kier alpha value is -12.9. The molecule has 522 valence electrons. The van der Waals surface area contributed by atoms with Crippen LogP contribution in [0.25, 0.3) is 182 Å². The molecule has 19 rings (SSSR count). The smallest absolute Gasteiger partial charge is 0.195 e. The molecule has 0 saturated carbocycles. The van der Waals surface area contributed by atoms with E-state index in [1.807, 2.05) is 24.3 Å². The third-order valence-electron chi connectivity index (χ3n) is 22.8. The average Bonchev–Trinajstić information content (AvgIpc) is 1.51. The molecule has 0 atom stereocenters. The lowest BCUT2D eigenvalue weighted by Gasteiger charge is -2.22. The lowest BCUT2D eigenvalue weighted by molar-refractivity contribution is 0.102. The number of fused-ring (bicyclic) bond motifs is 20. The second kappa shape index (κ2) is 24.3. The standard InChI is InChI=1S/C98H78N8O2/c1-47-15-19-61(20-16-47)87-69-23-29-75(99-69)91(83-53(7)35-49(3)36-54(83)8)77-33-27-73(103-77)89-63-43-66-64(44-65(63)97(107)67-45-81(105-95(67)89)93(79-31-25-71(87)101-79)85-57(11)39-51(5)40-58(85)12)90-74-28-34-78(104-74)92(84-55(9)37-50(4)38-56(84)10)76-30-24-70(100-76)88(62-21-17-48(2)18-22-62)72-26-32-80(102-72)94(82-46-68(98(66)108)96(90)106-82)86-59(13)41-52(6)42-60(86)14/h15-46,99-100,105-106H,1-14H3. The van der Waals surface area contributed by atoms with Crippen LogP contribution in [-0.4, -0.2) is 51.4 Å². The van der Waals surface area contributed by atoms with E-state index in [9.17, 15) is 0 Å². The first-order chi connectivity index (χ1) is 52.1. The molecule has 13 aromatic rings. The van der Waals surface area contributed by atoms with Crippen molar-refractivity contribution >= 4 is 104 Å². The van der Waals surface area contributed by atoms with E-state index in [1.54, 1.807) is 0 Å². The Morgan fingerprint density at radius 2 is 0.444 bits per heavy atom. The van der Waals surface area contributed by atoms with E-state index in [0.717, 1.165) is 201 Å². The number of nitrogens with one attached hydrogen (secondary N) is 4. The molecule has 6 aliphatic rings. The Morgan fingerprint density at radius 1 is 0.204 bits per heavy atom. The van der Waals surface area contributed by atoms with Gasteiger partial charge in [-0.05, 0) is 283 Å². The highest BCUT2D eigenvalue weighted by Crippen LogP contribution is 2.51. The van der Waals surface area contributed by atoms with Gasteiger partial charge in [0.15, 0.2) is 11.6 Å². The summed E-state index contributed by atoms with van der Waals surface area (Å²) in [4.78, 5) is 72.3. The summed E-state index contributed by atoms with van der Waals surface area (Å²) in [5.74, 6) is -0.392. The largest absolute Gasteiger partial charge is 0.354 e. The zero-order chi connectivity index (χ0) is 74.3. The number of nitrogens with zero attached hydrogens (tertiary/aromatic N) is 4. The van der Waals surface area contributed by atoms with Crippen molar-refractivity contribution < 1.29 is 9.59 Å². The third-order valence-corrected chi connectivity index (χ3v) is 22.8. The molecule has 6 aromatic heterocycles. The number of aromatic nitrogens is 8. The van der Waals surface area contributed by atoms with Crippen molar-refractivity contribution in [1.82, 2.24) is 39.9 Å². The summed E-state index contributed by atoms with van der Waals surface area (Å²) in [6.45, 7) is 30.1. The van der Waals surface area contributed by atoms with E-state index in [2.05, 4.69) is 287 Å². The Labute approximate surface area is 627 Å². The second-order valence-corrected chi connectivity index (χ2v) is 30.8. The van der Waals surface area contributed by atoms with Crippen LogP contribution in [0.2, 0.25) is 0 Å². The van der Waals surface area contributed by atoms with E-state index >= 15 is 9.59 Å². The van der Waals surface area contributed by atoms with Gasteiger partial charge in [-0.1, -0.05) is 130 Å². The van der Waals surface area contributed by atoms with Crippen LogP contribution < -0.4 is 0 Å². The average molecular weight is 1400 g/mol. The van der Waals surface area contributed by atoms with Crippen LogP contribution in [0.4, 0.5) is 0 Å². The van der Waals surface area contributed by atoms with Crippen molar-refractivity contribution in [3.8, 4) is 89.0 Å². The number of carbonyl (C=O) groups is 2. The van der Waals surface area contributed by atoms with Crippen molar-refractivity contribution in [1.29, 1.82) is 0 Å². The molecule has 10 nitrogen and oxygen atoms in total. The van der Waals surface area contributed by atoms with E-state index in [0.29, 0.717) is 66.9 Å². The van der Waals surface area contributed by atoms with Crippen LogP contribution >= 0.6 is 0 Å². The van der Waals surface area contributed by atoms with Gasteiger partial charge in [-0.15, -0.1) is 0 Å². The fraction of sp³-hybridized carbons (Fsp3) is 0.143. The van der Waals surface area contributed by atoms with Gasteiger partial charge in [0.2, 0.25) is 0 Å². The molecule has 0 unspecified atom stereocenters. The van der Waals surface area contributed by atoms with Gasteiger partial charge in [-0.3, -0.25) is 9.59 Å². The topological polar surface area (TPSA) is 149 Å². The van der Waals surface area contributed by atoms with Crippen LogP contribution in [0.15, 0.2) is 146 Å². The van der Waals surface area contributed by atoms with Crippen LogP contribution in [0, 0.1) is 96.9 Å². The monoisotopic (exact) mass is 1400 g/mol. The molecule has 2 aliphatic carbocycles. The molecule has 4 aliphatic heterocycles. The molecule has 0 spiro atoms. The number of benzene rings is 7. The maximum Gasteiger partial charge on any atom is 0.195 e. The Balaban J connectivity index is 0.953. The highest BCUT2D eigenvalue weighted by Gasteiger charge is 2.37. The summed E-state index contributed by atoms with van der Waals surface area (Å²) in [6, 6.07) is 51.9. The first-order valence-electron chi connectivity index (χ1n) is 37.2. The summed E-state index contributed by atoms with van der Waals surface area (Å²) < 4.78 is 0. The quantitative estimate of drug-likeness (QED) is 0.130. The van der Waals surface area contributed by atoms with Crippen LogP contribution in [0.5, 0.6) is 0 Å². The molecular weight excluding hydrogens is 1320 g/mol. The number of rotatable bonds is 6. The minimum Gasteiger partial charge on any atom is -0.354 e. The molecular formula is C98H78N8O2. The highest BCUT2D eigenvalue weighted by atomic mass is 16.1. The van der Waals surface area contributed by atoms with E-state index in [1.165, 1.54) is 11.1 Å². The second-order valence-electron chi connectivity index (χ2n) is 30.8. The summed E-state index contributed by atoms with van der Waals surface area (Å²) in [7, 11) is 0. The number of H-pyrrole nitrogens is 4. The molecule has 16 bridgehead atoms. The number of carbonyl (C=O) groups excluding carboxylic acids is 2. The van der Waals surface area contributed by atoms with Crippen LogP contribution in [0.3, 0.4) is 0 Å². The maximum absolute atomic E-state index is 16.7. The van der Waals surface area contributed by atoms with Crippen molar-refractivity contribution in [3.05, 3.63) is 291 Å².